The highest BCUT2D eigenvalue weighted by Crippen LogP contribution is 2.36. The minimum Gasteiger partial charge on any atom is -0.382 e. The summed E-state index contributed by atoms with van der Waals surface area (Å²) in [6, 6.07) is 12.4. The average Bonchev–Trinajstić information content (AvgIpc) is 2.72. The van der Waals surface area contributed by atoms with E-state index in [1.54, 1.807) is 12.3 Å². The van der Waals surface area contributed by atoms with Crippen molar-refractivity contribution < 1.29 is 8.78 Å². The number of rotatable bonds is 4. The number of hydrogen-bond donors (Lipinski definition) is 2. The van der Waals surface area contributed by atoms with E-state index in [0.29, 0.717) is 16.6 Å². The van der Waals surface area contributed by atoms with Gasteiger partial charge in [0.2, 0.25) is 0 Å². The molecule has 30 heavy (non-hydrogen) atoms. The zero-order chi connectivity index (χ0) is 21.3. The van der Waals surface area contributed by atoms with Gasteiger partial charge in [0.05, 0.1) is 11.6 Å². The van der Waals surface area contributed by atoms with E-state index in [0.717, 1.165) is 17.0 Å². The predicted octanol–water partition coefficient (Wildman–Crippen LogP) is 4.60. The molecule has 2 heterocycles. The highest BCUT2D eigenvalue weighted by Gasteiger charge is 2.19. The third kappa shape index (κ3) is 3.49. The summed E-state index contributed by atoms with van der Waals surface area (Å²) in [6.45, 7) is 1.85. The summed E-state index contributed by atoms with van der Waals surface area (Å²) < 4.78 is 28.0. The Hall–Kier alpha value is -4.12. The molecule has 0 aliphatic heterocycles. The van der Waals surface area contributed by atoms with Crippen molar-refractivity contribution in [3.05, 3.63) is 77.8 Å². The normalized spacial score (nSPS) is 11.8. The molecular formula is C22H16F2N6. The standard InChI is InChI=1S/C22H16F2N6/c1-12(30-22-18(10-25)21(26)28-11-29-22)17-5-4-13-3-2-6-27-20(13)19(17)14-7-15(23)9-16(24)8-14/h2-9,11-12H,1H3,(H3,26,28,29,30). The number of nitrogens with zero attached hydrogens (tertiary/aromatic N) is 4. The lowest BCUT2D eigenvalue weighted by Crippen LogP contribution is -2.12. The largest absolute Gasteiger partial charge is 0.382 e. The number of nitrogen functional groups attached to an aromatic ring is 1. The van der Waals surface area contributed by atoms with Crippen molar-refractivity contribution >= 4 is 22.5 Å². The Balaban J connectivity index is 1.89. The fourth-order valence-electron chi connectivity index (χ4n) is 3.42. The fourth-order valence-corrected chi connectivity index (χ4v) is 3.42. The topological polar surface area (TPSA) is 101 Å². The number of nitrogens with one attached hydrogen (secondary N) is 1. The maximum Gasteiger partial charge on any atom is 0.150 e. The van der Waals surface area contributed by atoms with Crippen LogP contribution in [0, 0.1) is 23.0 Å². The first kappa shape index (κ1) is 19.2. The average molecular weight is 402 g/mol. The number of anilines is 2. The summed E-state index contributed by atoms with van der Waals surface area (Å²) in [6.07, 6.45) is 2.89. The van der Waals surface area contributed by atoms with Gasteiger partial charge in [-0.05, 0) is 36.2 Å². The molecule has 0 radical (unpaired) electrons. The van der Waals surface area contributed by atoms with Crippen LogP contribution in [0.25, 0.3) is 22.0 Å². The van der Waals surface area contributed by atoms with Crippen molar-refractivity contribution in [1.29, 1.82) is 5.26 Å². The summed E-state index contributed by atoms with van der Waals surface area (Å²) in [4.78, 5) is 12.4. The third-order valence-electron chi connectivity index (χ3n) is 4.77. The van der Waals surface area contributed by atoms with Crippen LogP contribution >= 0.6 is 0 Å². The molecule has 1 unspecified atom stereocenters. The van der Waals surface area contributed by atoms with E-state index in [4.69, 9.17) is 5.73 Å². The molecular weight excluding hydrogens is 386 g/mol. The number of nitrogens with two attached hydrogens (primary N) is 1. The Kier molecular flexibility index (Phi) is 4.94. The molecule has 0 bridgehead atoms. The van der Waals surface area contributed by atoms with E-state index in [1.165, 1.54) is 18.5 Å². The van der Waals surface area contributed by atoms with Crippen molar-refractivity contribution in [3.8, 4) is 17.2 Å². The summed E-state index contributed by atoms with van der Waals surface area (Å²) in [5.41, 5.74) is 8.19. The zero-order valence-electron chi connectivity index (χ0n) is 15.9. The molecule has 2 aromatic heterocycles. The Morgan fingerprint density at radius 3 is 2.57 bits per heavy atom. The molecule has 148 valence electrons. The van der Waals surface area contributed by atoms with Gasteiger partial charge in [0.25, 0.3) is 0 Å². The van der Waals surface area contributed by atoms with Gasteiger partial charge in [0.1, 0.15) is 41.2 Å². The lowest BCUT2D eigenvalue weighted by Gasteiger charge is -2.21. The molecule has 0 aliphatic carbocycles. The number of hydrogen-bond acceptors (Lipinski definition) is 6. The second-order valence-corrected chi connectivity index (χ2v) is 6.72. The van der Waals surface area contributed by atoms with Gasteiger partial charge in [-0.3, -0.25) is 4.98 Å². The van der Waals surface area contributed by atoms with Gasteiger partial charge in [-0.25, -0.2) is 18.7 Å². The van der Waals surface area contributed by atoms with Crippen LogP contribution in [0.1, 0.15) is 24.1 Å². The van der Waals surface area contributed by atoms with E-state index in [-0.39, 0.29) is 23.2 Å². The molecule has 2 aromatic carbocycles. The minimum atomic E-state index is -0.681. The van der Waals surface area contributed by atoms with Gasteiger partial charge in [-0.2, -0.15) is 5.26 Å². The maximum absolute atomic E-state index is 14.0. The first-order valence-electron chi connectivity index (χ1n) is 9.09. The highest BCUT2D eigenvalue weighted by atomic mass is 19.1. The highest BCUT2D eigenvalue weighted by molar-refractivity contribution is 5.95. The predicted molar refractivity (Wildman–Crippen MR) is 110 cm³/mol. The van der Waals surface area contributed by atoms with E-state index in [2.05, 4.69) is 20.3 Å². The molecule has 0 saturated heterocycles. The lowest BCUT2D eigenvalue weighted by molar-refractivity contribution is 0.584. The van der Waals surface area contributed by atoms with E-state index < -0.39 is 11.6 Å². The number of pyridine rings is 1. The van der Waals surface area contributed by atoms with Crippen molar-refractivity contribution in [1.82, 2.24) is 15.0 Å². The molecule has 8 heteroatoms. The molecule has 0 fully saturated rings. The third-order valence-corrected chi connectivity index (χ3v) is 4.77. The Morgan fingerprint density at radius 1 is 1.07 bits per heavy atom. The molecule has 4 rings (SSSR count). The van der Waals surface area contributed by atoms with Gasteiger partial charge in [-0.15, -0.1) is 0 Å². The second kappa shape index (κ2) is 7.72. The van der Waals surface area contributed by atoms with Crippen LogP contribution in [-0.4, -0.2) is 15.0 Å². The molecule has 1 atom stereocenters. The van der Waals surface area contributed by atoms with Crippen LogP contribution in [0.15, 0.2) is 55.0 Å². The van der Waals surface area contributed by atoms with Gasteiger partial charge >= 0.3 is 0 Å². The second-order valence-electron chi connectivity index (χ2n) is 6.72. The number of halogens is 2. The first-order chi connectivity index (χ1) is 14.5. The summed E-state index contributed by atoms with van der Waals surface area (Å²) in [5.74, 6) is -1.02. The monoisotopic (exact) mass is 402 g/mol. The van der Waals surface area contributed by atoms with Gasteiger partial charge < -0.3 is 11.1 Å². The molecule has 0 amide bonds. The lowest BCUT2D eigenvalue weighted by atomic mass is 9.92. The van der Waals surface area contributed by atoms with Crippen LogP contribution in [0.2, 0.25) is 0 Å². The zero-order valence-corrected chi connectivity index (χ0v) is 15.9. The molecule has 0 spiro atoms. The van der Waals surface area contributed by atoms with Crippen molar-refractivity contribution in [2.24, 2.45) is 0 Å². The molecule has 4 aromatic rings. The van der Waals surface area contributed by atoms with Crippen molar-refractivity contribution in [2.75, 3.05) is 11.1 Å². The van der Waals surface area contributed by atoms with Gasteiger partial charge in [-0.1, -0.05) is 18.2 Å². The van der Waals surface area contributed by atoms with Crippen LogP contribution in [0.5, 0.6) is 0 Å². The summed E-state index contributed by atoms with van der Waals surface area (Å²) in [7, 11) is 0. The van der Waals surface area contributed by atoms with E-state index >= 15 is 0 Å². The quantitative estimate of drug-likeness (QED) is 0.518. The van der Waals surface area contributed by atoms with Crippen molar-refractivity contribution in [3.63, 3.8) is 0 Å². The molecule has 0 aliphatic rings. The van der Waals surface area contributed by atoms with Crippen LogP contribution < -0.4 is 11.1 Å². The summed E-state index contributed by atoms with van der Waals surface area (Å²) in [5, 5.41) is 13.4. The number of fused-ring (bicyclic) bond motifs is 1. The van der Waals surface area contributed by atoms with Gasteiger partial charge in [0.15, 0.2) is 0 Å². The number of benzene rings is 2. The Morgan fingerprint density at radius 2 is 1.83 bits per heavy atom. The SMILES string of the molecule is CC(Nc1ncnc(N)c1C#N)c1ccc2cccnc2c1-c1cc(F)cc(F)c1. The summed E-state index contributed by atoms with van der Waals surface area (Å²) >= 11 is 0. The Bertz CT molecular complexity index is 1280. The molecule has 0 saturated carbocycles. The smallest absolute Gasteiger partial charge is 0.150 e. The van der Waals surface area contributed by atoms with Crippen LogP contribution in [0.3, 0.4) is 0 Å². The fraction of sp³-hybridized carbons (Fsp3) is 0.0909. The number of nitriles is 1. The number of aromatic nitrogens is 3. The minimum absolute atomic E-state index is 0.0646. The molecule has 3 N–H and O–H groups in total. The van der Waals surface area contributed by atoms with Crippen molar-refractivity contribution in [2.45, 2.75) is 13.0 Å². The first-order valence-corrected chi connectivity index (χ1v) is 9.09. The maximum atomic E-state index is 14.0. The Labute approximate surface area is 171 Å². The van der Waals surface area contributed by atoms with Gasteiger partial charge in [0, 0.05) is 23.2 Å². The molecule has 6 nitrogen and oxygen atoms in total. The van der Waals surface area contributed by atoms with Crippen LogP contribution in [0.4, 0.5) is 20.4 Å². The van der Waals surface area contributed by atoms with E-state index in [9.17, 15) is 14.0 Å². The van der Waals surface area contributed by atoms with E-state index in [1.807, 2.05) is 31.2 Å². The van der Waals surface area contributed by atoms with Crippen LogP contribution in [-0.2, 0) is 0 Å².